The first kappa shape index (κ1) is 14.4. The minimum atomic E-state index is 0.0658. The average molecular weight is 281 g/mol. The standard InChI is InChI=1S/C15H21ClN2O/c1-10(2)8-18-15(19)9-17-14-6-3-11-7-12(16)4-5-13(11)14/h4-5,7,10,14,17H,3,6,8-9H2,1-2H3,(H,18,19). The number of benzene rings is 1. The largest absolute Gasteiger partial charge is 0.355 e. The molecule has 1 amide bonds. The molecule has 0 saturated heterocycles. The van der Waals surface area contributed by atoms with E-state index in [-0.39, 0.29) is 11.9 Å². The Kier molecular flexibility index (Phi) is 4.83. The molecule has 0 aliphatic heterocycles. The maximum atomic E-state index is 11.7. The molecule has 0 fully saturated rings. The molecule has 2 rings (SSSR count). The zero-order valence-corrected chi connectivity index (χ0v) is 12.3. The number of hydrogen-bond acceptors (Lipinski definition) is 2. The quantitative estimate of drug-likeness (QED) is 0.871. The van der Waals surface area contributed by atoms with Crippen LogP contribution in [0.1, 0.15) is 37.4 Å². The van der Waals surface area contributed by atoms with E-state index in [0.29, 0.717) is 12.5 Å². The van der Waals surface area contributed by atoms with Crippen molar-refractivity contribution >= 4 is 17.5 Å². The van der Waals surface area contributed by atoms with Crippen molar-refractivity contribution in [3.8, 4) is 0 Å². The van der Waals surface area contributed by atoms with Crippen LogP contribution in [-0.2, 0) is 11.2 Å². The highest BCUT2D eigenvalue weighted by Crippen LogP contribution is 2.32. The summed E-state index contributed by atoms with van der Waals surface area (Å²) in [7, 11) is 0. The second-order valence-corrected chi connectivity index (χ2v) is 5.95. The summed E-state index contributed by atoms with van der Waals surface area (Å²) in [4.78, 5) is 11.7. The van der Waals surface area contributed by atoms with E-state index in [1.807, 2.05) is 12.1 Å². The maximum absolute atomic E-state index is 11.7. The van der Waals surface area contributed by atoms with Gasteiger partial charge in [0.05, 0.1) is 6.54 Å². The Morgan fingerprint density at radius 2 is 2.26 bits per heavy atom. The predicted octanol–water partition coefficient (Wildman–Crippen LogP) is 2.69. The Labute approximate surface area is 119 Å². The number of carbonyl (C=O) groups is 1. The van der Waals surface area contributed by atoms with Gasteiger partial charge in [0.1, 0.15) is 0 Å². The van der Waals surface area contributed by atoms with Gasteiger partial charge in [-0.25, -0.2) is 0 Å². The van der Waals surface area contributed by atoms with Crippen molar-refractivity contribution in [2.75, 3.05) is 13.1 Å². The van der Waals surface area contributed by atoms with Crippen LogP contribution in [0.4, 0.5) is 0 Å². The van der Waals surface area contributed by atoms with Gasteiger partial charge < -0.3 is 10.6 Å². The number of amides is 1. The second kappa shape index (κ2) is 6.40. The van der Waals surface area contributed by atoms with E-state index in [0.717, 1.165) is 24.4 Å². The van der Waals surface area contributed by atoms with Gasteiger partial charge in [0, 0.05) is 17.6 Å². The Bertz CT molecular complexity index is 459. The molecule has 3 nitrogen and oxygen atoms in total. The van der Waals surface area contributed by atoms with Crippen LogP contribution in [0.25, 0.3) is 0 Å². The first-order valence-electron chi connectivity index (χ1n) is 6.84. The summed E-state index contributed by atoms with van der Waals surface area (Å²) in [6, 6.07) is 6.28. The van der Waals surface area contributed by atoms with Crippen LogP contribution in [0.15, 0.2) is 18.2 Å². The molecule has 0 bridgehead atoms. The topological polar surface area (TPSA) is 41.1 Å². The third-order valence-corrected chi connectivity index (χ3v) is 3.63. The van der Waals surface area contributed by atoms with E-state index in [2.05, 4.69) is 30.5 Å². The van der Waals surface area contributed by atoms with Crippen LogP contribution >= 0.6 is 11.6 Å². The van der Waals surface area contributed by atoms with Gasteiger partial charge in [-0.05, 0) is 42.0 Å². The summed E-state index contributed by atoms with van der Waals surface area (Å²) in [5.74, 6) is 0.550. The smallest absolute Gasteiger partial charge is 0.233 e. The van der Waals surface area contributed by atoms with E-state index >= 15 is 0 Å². The molecular formula is C15H21ClN2O. The SMILES string of the molecule is CC(C)CNC(=O)CNC1CCc2cc(Cl)ccc21. The Balaban J connectivity index is 1.84. The third kappa shape index (κ3) is 3.95. The summed E-state index contributed by atoms with van der Waals surface area (Å²) in [5, 5.41) is 7.03. The van der Waals surface area contributed by atoms with E-state index in [4.69, 9.17) is 11.6 Å². The monoisotopic (exact) mass is 280 g/mol. The molecule has 2 N–H and O–H groups in total. The van der Waals surface area contributed by atoms with Crippen molar-refractivity contribution < 1.29 is 4.79 Å². The molecule has 1 unspecified atom stereocenters. The molecule has 1 aromatic carbocycles. The van der Waals surface area contributed by atoms with Crippen molar-refractivity contribution in [1.82, 2.24) is 10.6 Å². The number of rotatable bonds is 5. The van der Waals surface area contributed by atoms with Gasteiger partial charge in [-0.1, -0.05) is 31.5 Å². The van der Waals surface area contributed by atoms with Crippen LogP contribution in [-0.4, -0.2) is 19.0 Å². The van der Waals surface area contributed by atoms with Crippen molar-refractivity contribution in [2.45, 2.75) is 32.7 Å². The summed E-state index contributed by atoms with van der Waals surface area (Å²) >= 11 is 5.98. The fourth-order valence-electron chi connectivity index (χ4n) is 2.39. The summed E-state index contributed by atoms with van der Waals surface area (Å²) in [6.07, 6.45) is 2.06. The molecule has 1 aliphatic carbocycles. The van der Waals surface area contributed by atoms with E-state index in [1.165, 1.54) is 11.1 Å². The number of nitrogens with one attached hydrogen (secondary N) is 2. The summed E-state index contributed by atoms with van der Waals surface area (Å²) < 4.78 is 0. The van der Waals surface area contributed by atoms with Crippen LogP contribution in [0.5, 0.6) is 0 Å². The van der Waals surface area contributed by atoms with Gasteiger partial charge >= 0.3 is 0 Å². The Morgan fingerprint density at radius 1 is 1.47 bits per heavy atom. The lowest BCUT2D eigenvalue weighted by molar-refractivity contribution is -0.120. The van der Waals surface area contributed by atoms with Gasteiger partial charge in [-0.3, -0.25) is 4.79 Å². The molecule has 1 atom stereocenters. The Morgan fingerprint density at radius 3 is 3.00 bits per heavy atom. The minimum Gasteiger partial charge on any atom is -0.355 e. The number of carbonyl (C=O) groups excluding carboxylic acids is 1. The zero-order chi connectivity index (χ0) is 13.8. The third-order valence-electron chi connectivity index (χ3n) is 3.40. The number of halogens is 1. The van der Waals surface area contributed by atoms with Crippen LogP contribution < -0.4 is 10.6 Å². The minimum absolute atomic E-state index is 0.0658. The lowest BCUT2D eigenvalue weighted by atomic mass is 10.1. The second-order valence-electron chi connectivity index (χ2n) is 5.51. The Hall–Kier alpha value is -1.06. The van der Waals surface area contributed by atoms with Gasteiger partial charge in [-0.15, -0.1) is 0 Å². The van der Waals surface area contributed by atoms with Gasteiger partial charge in [0.15, 0.2) is 0 Å². The highest BCUT2D eigenvalue weighted by Gasteiger charge is 2.22. The molecular weight excluding hydrogens is 260 g/mol. The normalized spacial score (nSPS) is 17.6. The van der Waals surface area contributed by atoms with Gasteiger partial charge in [0.25, 0.3) is 0 Å². The zero-order valence-electron chi connectivity index (χ0n) is 11.5. The first-order valence-corrected chi connectivity index (χ1v) is 7.22. The first-order chi connectivity index (χ1) is 9.06. The molecule has 4 heteroatoms. The van der Waals surface area contributed by atoms with Gasteiger partial charge in [0.2, 0.25) is 5.91 Å². The van der Waals surface area contributed by atoms with Crippen LogP contribution in [0, 0.1) is 5.92 Å². The predicted molar refractivity (Wildman–Crippen MR) is 78.4 cm³/mol. The van der Waals surface area contributed by atoms with E-state index in [1.54, 1.807) is 0 Å². The molecule has 1 aromatic rings. The van der Waals surface area contributed by atoms with Crippen molar-refractivity contribution in [3.63, 3.8) is 0 Å². The highest BCUT2D eigenvalue weighted by atomic mass is 35.5. The number of aryl methyl sites for hydroxylation is 1. The molecule has 0 aromatic heterocycles. The fraction of sp³-hybridized carbons (Fsp3) is 0.533. The van der Waals surface area contributed by atoms with Gasteiger partial charge in [-0.2, -0.15) is 0 Å². The molecule has 0 saturated carbocycles. The van der Waals surface area contributed by atoms with E-state index in [9.17, 15) is 4.79 Å². The van der Waals surface area contributed by atoms with Crippen molar-refractivity contribution in [2.24, 2.45) is 5.92 Å². The fourth-order valence-corrected chi connectivity index (χ4v) is 2.59. The van der Waals surface area contributed by atoms with E-state index < -0.39 is 0 Å². The average Bonchev–Trinajstić information content (AvgIpc) is 2.76. The molecule has 0 spiro atoms. The van der Waals surface area contributed by atoms with Crippen LogP contribution in [0.3, 0.4) is 0 Å². The highest BCUT2D eigenvalue weighted by molar-refractivity contribution is 6.30. The van der Waals surface area contributed by atoms with Crippen LogP contribution in [0.2, 0.25) is 5.02 Å². The molecule has 104 valence electrons. The number of fused-ring (bicyclic) bond motifs is 1. The molecule has 1 aliphatic rings. The molecule has 19 heavy (non-hydrogen) atoms. The maximum Gasteiger partial charge on any atom is 0.233 e. The lowest BCUT2D eigenvalue weighted by Gasteiger charge is -2.14. The molecule has 0 heterocycles. The van der Waals surface area contributed by atoms with Crippen molar-refractivity contribution in [1.29, 1.82) is 0 Å². The molecule has 0 radical (unpaired) electrons. The number of hydrogen-bond donors (Lipinski definition) is 2. The summed E-state index contributed by atoms with van der Waals surface area (Å²) in [5.41, 5.74) is 2.58. The summed E-state index contributed by atoms with van der Waals surface area (Å²) in [6.45, 7) is 5.28. The lowest BCUT2D eigenvalue weighted by Crippen LogP contribution is -2.36. The van der Waals surface area contributed by atoms with Crippen molar-refractivity contribution in [3.05, 3.63) is 34.3 Å².